The van der Waals surface area contributed by atoms with E-state index in [1.165, 1.54) is 28.2 Å². The fourth-order valence-corrected chi connectivity index (χ4v) is 4.13. The first-order valence-electron chi connectivity index (χ1n) is 9.68. The van der Waals surface area contributed by atoms with Gasteiger partial charge in [-0.1, -0.05) is 25.5 Å². The van der Waals surface area contributed by atoms with Gasteiger partial charge in [-0.05, 0) is 42.5 Å². The molecule has 4 aromatic rings. The maximum absolute atomic E-state index is 5.98. The first-order valence-corrected chi connectivity index (χ1v) is 9.68. The Balaban J connectivity index is 1.43. The van der Waals surface area contributed by atoms with E-state index < -0.39 is 0 Å². The van der Waals surface area contributed by atoms with Crippen LogP contribution in [0.5, 0.6) is 5.88 Å². The second kappa shape index (κ2) is 6.38. The molecule has 1 saturated carbocycles. The average molecular weight is 357 g/mol. The van der Waals surface area contributed by atoms with E-state index in [0.717, 1.165) is 35.8 Å². The smallest absolute Gasteiger partial charge is 0.213 e. The lowest BCUT2D eigenvalue weighted by Gasteiger charge is -2.34. The van der Waals surface area contributed by atoms with E-state index in [1.807, 2.05) is 24.7 Å². The van der Waals surface area contributed by atoms with Gasteiger partial charge in [0.15, 0.2) is 0 Å². The maximum Gasteiger partial charge on any atom is 0.213 e. The van der Waals surface area contributed by atoms with Crippen LogP contribution in [0, 0.1) is 5.92 Å². The molecule has 0 bridgehead atoms. The van der Waals surface area contributed by atoms with E-state index in [-0.39, 0.29) is 0 Å². The molecule has 0 spiro atoms. The highest BCUT2D eigenvalue weighted by atomic mass is 16.5. The minimum atomic E-state index is 0.342. The SMILES string of the molecule is CC[C@H]1C[C@H](Oc2ccc(-c3ccc4c5cnccc5n(C)c4c3)cn2)C1. The van der Waals surface area contributed by atoms with Crippen LogP contribution in [-0.2, 0) is 7.05 Å². The summed E-state index contributed by atoms with van der Waals surface area (Å²) in [6.45, 7) is 2.25. The predicted molar refractivity (Wildman–Crippen MR) is 109 cm³/mol. The Morgan fingerprint density at radius 3 is 2.63 bits per heavy atom. The maximum atomic E-state index is 5.98. The zero-order valence-electron chi connectivity index (χ0n) is 15.7. The Morgan fingerprint density at radius 2 is 1.85 bits per heavy atom. The van der Waals surface area contributed by atoms with Gasteiger partial charge >= 0.3 is 0 Å². The Kier molecular flexibility index (Phi) is 3.85. The van der Waals surface area contributed by atoms with Gasteiger partial charge in [0.2, 0.25) is 5.88 Å². The molecule has 0 saturated heterocycles. The van der Waals surface area contributed by atoms with E-state index in [9.17, 15) is 0 Å². The molecule has 0 N–H and O–H groups in total. The van der Waals surface area contributed by atoms with Crippen molar-refractivity contribution in [2.75, 3.05) is 0 Å². The number of aromatic nitrogens is 3. The topological polar surface area (TPSA) is 39.9 Å². The normalized spacial score (nSPS) is 19.3. The summed E-state index contributed by atoms with van der Waals surface area (Å²) < 4.78 is 8.20. The molecule has 0 unspecified atom stereocenters. The summed E-state index contributed by atoms with van der Waals surface area (Å²) in [6, 6.07) is 12.7. The van der Waals surface area contributed by atoms with Crippen LogP contribution in [0.25, 0.3) is 32.9 Å². The third kappa shape index (κ3) is 2.76. The fourth-order valence-electron chi connectivity index (χ4n) is 4.13. The Morgan fingerprint density at radius 1 is 1.00 bits per heavy atom. The number of hydrogen-bond acceptors (Lipinski definition) is 3. The van der Waals surface area contributed by atoms with Crippen molar-refractivity contribution < 1.29 is 4.74 Å². The lowest BCUT2D eigenvalue weighted by molar-refractivity contribution is 0.0591. The predicted octanol–water partition coefficient (Wildman–Crippen LogP) is 5.36. The molecule has 4 heteroatoms. The molecule has 0 amide bonds. The molecule has 1 fully saturated rings. The minimum absolute atomic E-state index is 0.342. The molecule has 3 heterocycles. The molecule has 5 rings (SSSR count). The molecule has 1 aliphatic carbocycles. The molecular formula is C23H23N3O. The van der Waals surface area contributed by atoms with E-state index in [0.29, 0.717) is 6.10 Å². The summed E-state index contributed by atoms with van der Waals surface area (Å²) in [7, 11) is 2.10. The highest BCUT2D eigenvalue weighted by Gasteiger charge is 2.29. The van der Waals surface area contributed by atoms with Crippen molar-refractivity contribution in [2.45, 2.75) is 32.3 Å². The van der Waals surface area contributed by atoms with Gasteiger partial charge in [0, 0.05) is 53.6 Å². The number of rotatable bonds is 4. The van der Waals surface area contributed by atoms with Crippen molar-refractivity contribution >= 4 is 21.8 Å². The van der Waals surface area contributed by atoms with Crippen molar-refractivity contribution in [3.8, 4) is 17.0 Å². The van der Waals surface area contributed by atoms with E-state index in [4.69, 9.17) is 4.74 Å². The zero-order chi connectivity index (χ0) is 18.4. The fraction of sp³-hybridized carbons (Fsp3) is 0.304. The number of nitrogens with zero attached hydrogens (tertiary/aromatic N) is 3. The lowest BCUT2D eigenvalue weighted by Crippen LogP contribution is -2.33. The minimum Gasteiger partial charge on any atom is -0.474 e. The van der Waals surface area contributed by atoms with Crippen LogP contribution in [0.4, 0.5) is 0 Å². The van der Waals surface area contributed by atoms with Gasteiger partial charge in [-0.3, -0.25) is 4.98 Å². The summed E-state index contributed by atoms with van der Waals surface area (Å²) in [5, 5.41) is 2.42. The number of ether oxygens (including phenoxy) is 1. The number of hydrogen-bond donors (Lipinski definition) is 0. The molecule has 4 nitrogen and oxygen atoms in total. The molecule has 27 heavy (non-hydrogen) atoms. The number of pyridine rings is 2. The van der Waals surface area contributed by atoms with Gasteiger partial charge in [0.05, 0.1) is 5.52 Å². The quantitative estimate of drug-likeness (QED) is 0.494. The standard InChI is InChI=1S/C23H23N3O/c1-3-15-10-18(11-15)27-23-7-5-17(13-25-23)16-4-6-19-20-14-24-9-8-21(20)26(2)22(19)12-16/h4-9,12-15,18H,3,10-11H2,1-2H3/t15-,18-. The third-order valence-corrected chi connectivity index (χ3v) is 5.94. The summed E-state index contributed by atoms with van der Waals surface area (Å²) >= 11 is 0. The lowest BCUT2D eigenvalue weighted by atomic mass is 9.80. The summed E-state index contributed by atoms with van der Waals surface area (Å²) in [5.74, 6) is 1.56. The summed E-state index contributed by atoms with van der Waals surface area (Å²) in [6.07, 6.45) is 9.60. The van der Waals surface area contributed by atoms with Gasteiger partial charge in [-0.2, -0.15) is 0 Å². The summed E-state index contributed by atoms with van der Waals surface area (Å²) in [5.41, 5.74) is 4.67. The largest absolute Gasteiger partial charge is 0.474 e. The van der Waals surface area contributed by atoms with Gasteiger partial charge in [-0.25, -0.2) is 4.98 Å². The van der Waals surface area contributed by atoms with Crippen LogP contribution >= 0.6 is 0 Å². The molecule has 3 aromatic heterocycles. The molecule has 0 atom stereocenters. The van der Waals surface area contributed by atoms with Crippen LogP contribution in [0.1, 0.15) is 26.2 Å². The molecule has 1 aliphatic rings. The van der Waals surface area contributed by atoms with E-state index >= 15 is 0 Å². The van der Waals surface area contributed by atoms with Crippen LogP contribution in [-0.4, -0.2) is 20.6 Å². The van der Waals surface area contributed by atoms with Crippen molar-refractivity contribution in [3.05, 3.63) is 55.0 Å². The highest BCUT2D eigenvalue weighted by Crippen LogP contribution is 2.34. The van der Waals surface area contributed by atoms with Crippen LogP contribution in [0.15, 0.2) is 55.0 Å². The Labute approximate surface area is 158 Å². The van der Waals surface area contributed by atoms with Crippen molar-refractivity contribution in [2.24, 2.45) is 13.0 Å². The van der Waals surface area contributed by atoms with Gasteiger partial charge in [0.1, 0.15) is 6.10 Å². The molecule has 0 radical (unpaired) electrons. The number of fused-ring (bicyclic) bond motifs is 3. The Hall–Kier alpha value is -2.88. The molecule has 1 aromatic carbocycles. The monoisotopic (exact) mass is 357 g/mol. The molecular weight excluding hydrogens is 334 g/mol. The van der Waals surface area contributed by atoms with Crippen LogP contribution < -0.4 is 4.74 Å². The number of benzene rings is 1. The number of aryl methyl sites for hydroxylation is 1. The Bertz CT molecular complexity index is 1110. The van der Waals surface area contributed by atoms with Gasteiger partial charge in [0.25, 0.3) is 0 Å². The van der Waals surface area contributed by atoms with Crippen molar-refractivity contribution in [1.82, 2.24) is 14.5 Å². The van der Waals surface area contributed by atoms with Crippen LogP contribution in [0.2, 0.25) is 0 Å². The van der Waals surface area contributed by atoms with Crippen LogP contribution in [0.3, 0.4) is 0 Å². The summed E-state index contributed by atoms with van der Waals surface area (Å²) in [4.78, 5) is 8.81. The first-order chi connectivity index (χ1) is 13.2. The van der Waals surface area contributed by atoms with E-state index in [2.05, 4.69) is 58.8 Å². The van der Waals surface area contributed by atoms with Gasteiger partial charge < -0.3 is 9.30 Å². The molecule has 136 valence electrons. The van der Waals surface area contributed by atoms with Crippen molar-refractivity contribution in [1.29, 1.82) is 0 Å². The van der Waals surface area contributed by atoms with E-state index in [1.54, 1.807) is 0 Å². The second-order valence-electron chi connectivity index (χ2n) is 7.55. The zero-order valence-corrected chi connectivity index (χ0v) is 15.7. The second-order valence-corrected chi connectivity index (χ2v) is 7.55. The highest BCUT2D eigenvalue weighted by molar-refractivity contribution is 6.08. The third-order valence-electron chi connectivity index (χ3n) is 5.94. The first kappa shape index (κ1) is 16.3. The van der Waals surface area contributed by atoms with Crippen molar-refractivity contribution in [3.63, 3.8) is 0 Å². The van der Waals surface area contributed by atoms with Gasteiger partial charge in [-0.15, -0.1) is 0 Å². The molecule has 0 aliphatic heterocycles. The average Bonchev–Trinajstić information content (AvgIpc) is 2.97.